The zero-order valence-electron chi connectivity index (χ0n) is 23.3. The van der Waals surface area contributed by atoms with E-state index in [1.807, 2.05) is 43.5 Å². The van der Waals surface area contributed by atoms with Crippen LogP contribution in [0.25, 0.3) is 0 Å². The molecule has 7 heteroatoms. The zero-order valence-corrected chi connectivity index (χ0v) is 23.3. The maximum atomic E-state index is 12.3. The van der Waals surface area contributed by atoms with Crippen molar-refractivity contribution >= 4 is 17.7 Å². The maximum absolute atomic E-state index is 12.3. The molecular formula is C30H44N4O3. The Hall–Kier alpha value is -3.09. The van der Waals surface area contributed by atoms with E-state index in [1.165, 1.54) is 31.9 Å². The number of hydrogen-bond donors (Lipinski definition) is 1. The average Bonchev–Trinajstić information content (AvgIpc) is 3.77. The van der Waals surface area contributed by atoms with Gasteiger partial charge < -0.3 is 19.9 Å². The Morgan fingerprint density at radius 1 is 1.00 bits per heavy atom. The smallest absolute Gasteiger partial charge is 0.409 e. The summed E-state index contributed by atoms with van der Waals surface area (Å²) in [5, 5.41) is 2.93. The summed E-state index contributed by atoms with van der Waals surface area (Å²) < 4.78 is 4.61. The number of methoxy groups -OCH3 is 1. The number of likely N-dealkylation sites (tertiary alicyclic amines) is 1. The summed E-state index contributed by atoms with van der Waals surface area (Å²) >= 11 is 0. The summed E-state index contributed by atoms with van der Waals surface area (Å²) in [5.74, 6) is 1.37. The summed E-state index contributed by atoms with van der Waals surface area (Å²) in [7, 11) is 1.43. The highest BCUT2D eigenvalue weighted by atomic mass is 16.5. The van der Waals surface area contributed by atoms with Crippen LogP contribution < -0.4 is 10.2 Å². The van der Waals surface area contributed by atoms with Crippen LogP contribution in [0.3, 0.4) is 0 Å². The maximum Gasteiger partial charge on any atom is 0.409 e. The van der Waals surface area contributed by atoms with E-state index in [9.17, 15) is 9.59 Å². The fourth-order valence-corrected chi connectivity index (χ4v) is 4.20. The normalized spacial score (nSPS) is 16.9. The minimum absolute atomic E-state index is 0.128. The number of amides is 2. The molecule has 0 spiro atoms. The lowest BCUT2D eigenvalue weighted by Crippen LogP contribution is -2.45. The molecule has 2 aromatic rings. The fraction of sp³-hybridized carbons (Fsp3) is 0.567. The highest BCUT2D eigenvalue weighted by molar-refractivity contribution is 5.92. The Kier molecular flexibility index (Phi) is 10.8. The molecule has 0 atom stereocenters. The first-order valence-electron chi connectivity index (χ1n) is 13.6. The number of nitrogens with zero attached hydrogens (tertiary/aromatic N) is 3. The van der Waals surface area contributed by atoms with Crippen molar-refractivity contribution < 1.29 is 14.3 Å². The zero-order chi connectivity index (χ0) is 26.8. The van der Waals surface area contributed by atoms with Gasteiger partial charge in [0.1, 0.15) is 5.69 Å². The first kappa shape index (κ1) is 28.5. The number of aryl methyl sites for hydroxylation is 2. The number of hydrogen-bond acceptors (Lipinski definition) is 5. The largest absolute Gasteiger partial charge is 0.453 e. The predicted octanol–water partition coefficient (Wildman–Crippen LogP) is 5.74. The van der Waals surface area contributed by atoms with Crippen LogP contribution in [0.15, 0.2) is 36.5 Å². The van der Waals surface area contributed by atoms with E-state index in [1.54, 1.807) is 4.90 Å². The summed E-state index contributed by atoms with van der Waals surface area (Å²) in [6.07, 6.45) is 8.35. The third-order valence-corrected chi connectivity index (χ3v) is 6.86. The van der Waals surface area contributed by atoms with Crippen molar-refractivity contribution in [3.8, 4) is 0 Å². The van der Waals surface area contributed by atoms with Gasteiger partial charge in [0.05, 0.1) is 19.0 Å². The molecule has 202 valence electrons. The van der Waals surface area contributed by atoms with Gasteiger partial charge in [0.15, 0.2) is 0 Å². The molecule has 7 nitrogen and oxygen atoms in total. The van der Waals surface area contributed by atoms with E-state index in [4.69, 9.17) is 0 Å². The minimum Gasteiger partial charge on any atom is -0.453 e. The lowest BCUT2D eigenvalue weighted by Gasteiger charge is -2.39. The second-order valence-corrected chi connectivity index (χ2v) is 10.7. The molecule has 5 rings (SSSR count). The van der Waals surface area contributed by atoms with Crippen LogP contribution >= 0.6 is 0 Å². The van der Waals surface area contributed by atoms with Crippen LogP contribution in [0.2, 0.25) is 0 Å². The van der Waals surface area contributed by atoms with Gasteiger partial charge in [-0.3, -0.25) is 4.79 Å². The topological polar surface area (TPSA) is 74.8 Å². The molecular weight excluding hydrogens is 464 g/mol. The third kappa shape index (κ3) is 9.38. The number of aromatic nitrogens is 1. The van der Waals surface area contributed by atoms with Crippen molar-refractivity contribution in [2.24, 2.45) is 11.8 Å². The molecule has 3 fully saturated rings. The molecule has 0 unspecified atom stereocenters. The predicted molar refractivity (Wildman–Crippen MR) is 149 cm³/mol. The van der Waals surface area contributed by atoms with Gasteiger partial charge in [0.2, 0.25) is 0 Å². The van der Waals surface area contributed by atoms with Gasteiger partial charge in [0, 0.05) is 32.7 Å². The van der Waals surface area contributed by atoms with Crippen molar-refractivity contribution in [2.75, 3.05) is 38.2 Å². The summed E-state index contributed by atoms with van der Waals surface area (Å²) in [4.78, 5) is 31.7. The standard InChI is InChI=1S/C19H23N3O.C8H15NO2.C3H6/c1-13-4-6-16(7-5-13)9-21-19(23)17-8-15(3)18(10-20-17)22-11-14(2)12-22;1-7-3-5-9(6-4-7)8(10)11-2;1-2-3-1/h4-8,10,14H,9,11-12H2,1-3H3,(H,21,23);7H,3-6H2,1-2H3;1-3H2. The van der Waals surface area contributed by atoms with Gasteiger partial charge >= 0.3 is 6.09 Å². The Morgan fingerprint density at radius 2 is 1.62 bits per heavy atom. The SMILES string of the molecule is C1CC1.COC(=O)N1CCC(C)CC1.Cc1ccc(CNC(=O)c2cc(C)c(N3CC(C)C3)cn2)cc1. The van der Waals surface area contributed by atoms with Crippen LogP contribution in [0.5, 0.6) is 0 Å². The third-order valence-electron chi connectivity index (χ3n) is 6.86. The monoisotopic (exact) mass is 508 g/mol. The Balaban J connectivity index is 0.000000224. The lowest BCUT2D eigenvalue weighted by atomic mass is 10.00. The van der Waals surface area contributed by atoms with E-state index < -0.39 is 0 Å². The van der Waals surface area contributed by atoms with Gasteiger partial charge in [-0.15, -0.1) is 0 Å². The molecule has 0 bridgehead atoms. The molecule has 0 radical (unpaired) electrons. The van der Waals surface area contributed by atoms with Crippen LogP contribution in [-0.2, 0) is 11.3 Å². The highest BCUT2D eigenvalue weighted by Crippen LogP contribution is 2.27. The first-order valence-corrected chi connectivity index (χ1v) is 13.6. The van der Waals surface area contributed by atoms with E-state index in [0.29, 0.717) is 12.2 Å². The molecule has 1 saturated carbocycles. The van der Waals surface area contributed by atoms with E-state index >= 15 is 0 Å². The van der Waals surface area contributed by atoms with Crippen molar-refractivity contribution in [3.05, 3.63) is 58.9 Å². The van der Waals surface area contributed by atoms with Gasteiger partial charge in [-0.2, -0.15) is 0 Å². The fourth-order valence-electron chi connectivity index (χ4n) is 4.20. The van der Waals surface area contributed by atoms with Crippen LogP contribution in [0, 0.1) is 25.7 Å². The van der Waals surface area contributed by atoms with E-state index in [-0.39, 0.29) is 12.0 Å². The average molecular weight is 509 g/mol. The van der Waals surface area contributed by atoms with Gasteiger partial charge in [-0.1, -0.05) is 62.9 Å². The molecule has 2 saturated heterocycles. The molecule has 1 aromatic heterocycles. The van der Waals surface area contributed by atoms with Crippen molar-refractivity contribution in [1.82, 2.24) is 15.2 Å². The van der Waals surface area contributed by atoms with Crippen LogP contribution in [0.4, 0.5) is 10.5 Å². The van der Waals surface area contributed by atoms with Crippen molar-refractivity contribution in [3.63, 3.8) is 0 Å². The van der Waals surface area contributed by atoms with Gasteiger partial charge in [-0.05, 0) is 55.7 Å². The molecule has 2 amide bonds. The minimum atomic E-state index is -0.183. The number of piperidine rings is 1. The first-order chi connectivity index (χ1) is 17.8. The van der Waals surface area contributed by atoms with Crippen LogP contribution in [0.1, 0.15) is 73.1 Å². The number of rotatable bonds is 4. The molecule has 1 N–H and O–H groups in total. The van der Waals surface area contributed by atoms with Crippen molar-refractivity contribution in [2.45, 2.75) is 66.3 Å². The number of anilines is 1. The van der Waals surface area contributed by atoms with E-state index in [2.05, 4.69) is 40.7 Å². The number of pyridine rings is 1. The number of nitrogens with one attached hydrogen (secondary N) is 1. The number of ether oxygens (including phenoxy) is 1. The molecule has 37 heavy (non-hydrogen) atoms. The summed E-state index contributed by atoms with van der Waals surface area (Å²) in [5.41, 5.74) is 5.03. The Morgan fingerprint density at radius 3 is 2.14 bits per heavy atom. The highest BCUT2D eigenvalue weighted by Gasteiger charge is 2.24. The number of benzene rings is 1. The van der Waals surface area contributed by atoms with Gasteiger partial charge in [-0.25, -0.2) is 9.78 Å². The molecule has 1 aromatic carbocycles. The van der Waals surface area contributed by atoms with Crippen LogP contribution in [-0.4, -0.2) is 55.2 Å². The molecule has 3 heterocycles. The van der Waals surface area contributed by atoms with Gasteiger partial charge in [0.25, 0.3) is 5.91 Å². The summed E-state index contributed by atoms with van der Waals surface area (Å²) in [6.45, 7) is 12.9. The molecule has 2 aliphatic heterocycles. The lowest BCUT2D eigenvalue weighted by molar-refractivity contribution is 0.0945. The quantitative estimate of drug-likeness (QED) is 0.570. The van der Waals surface area contributed by atoms with Crippen molar-refractivity contribution in [1.29, 1.82) is 0 Å². The second kappa shape index (κ2) is 14.0. The van der Waals surface area contributed by atoms with E-state index in [0.717, 1.165) is 67.7 Å². The molecule has 1 aliphatic carbocycles. The number of carbonyl (C=O) groups excluding carboxylic acids is 2. The summed E-state index contributed by atoms with van der Waals surface area (Å²) in [6, 6.07) is 10.0. The Bertz CT molecular complexity index is 1010. The Labute approximate surface area is 222 Å². The number of carbonyl (C=O) groups is 2. The second-order valence-electron chi connectivity index (χ2n) is 10.7. The molecule has 3 aliphatic rings.